The van der Waals surface area contributed by atoms with Gasteiger partial charge in [-0.1, -0.05) is 13.8 Å². The molecule has 1 aromatic rings. The monoisotopic (exact) mass is 218 g/mol. The van der Waals surface area contributed by atoms with Gasteiger partial charge in [0.25, 0.3) is 0 Å². The first-order chi connectivity index (χ1) is 6.82. The van der Waals surface area contributed by atoms with E-state index >= 15 is 0 Å². The van der Waals surface area contributed by atoms with E-state index in [-0.39, 0.29) is 16.5 Å². The molecule has 0 aromatic carbocycles. The third kappa shape index (κ3) is 2.84. The topological polar surface area (TPSA) is 16.1 Å². The summed E-state index contributed by atoms with van der Waals surface area (Å²) in [4.78, 5) is 4.21. The molecule has 0 fully saturated rings. The van der Waals surface area contributed by atoms with Gasteiger partial charge in [0.05, 0.1) is 11.9 Å². The lowest BCUT2D eigenvalue weighted by molar-refractivity contribution is -0.125. The van der Waals surface area contributed by atoms with Gasteiger partial charge in [-0.3, -0.25) is 9.88 Å². The van der Waals surface area contributed by atoms with Crippen molar-refractivity contribution < 1.29 is 13.2 Å². The highest BCUT2D eigenvalue weighted by atomic mass is 19.4. The maximum atomic E-state index is 12.3. The van der Waals surface area contributed by atoms with Crippen molar-refractivity contribution in [3.8, 4) is 0 Å². The van der Waals surface area contributed by atoms with Crippen LogP contribution in [0.15, 0.2) is 18.3 Å². The molecule has 0 aliphatic rings. The van der Waals surface area contributed by atoms with E-state index in [0.29, 0.717) is 0 Å². The molecule has 1 rings (SSSR count). The first-order valence-corrected chi connectivity index (χ1v) is 4.59. The molecule has 0 unspecified atom stereocenters. The van der Waals surface area contributed by atoms with Crippen molar-refractivity contribution in [3.05, 3.63) is 24.0 Å². The molecule has 5 heteroatoms. The van der Waals surface area contributed by atoms with Crippen molar-refractivity contribution in [3.63, 3.8) is 0 Å². The van der Waals surface area contributed by atoms with Gasteiger partial charge >= 0.3 is 6.30 Å². The lowest BCUT2D eigenvalue weighted by Gasteiger charge is -2.21. The van der Waals surface area contributed by atoms with Crippen LogP contribution in [0, 0.1) is 0 Å². The summed E-state index contributed by atoms with van der Waals surface area (Å²) in [6.07, 6.45) is -3.12. The fourth-order valence-electron chi connectivity index (χ4n) is 1.08. The largest absolute Gasteiger partial charge is 0.484 e. The number of hydrogen-bond donors (Lipinski definition) is 0. The van der Waals surface area contributed by atoms with E-state index in [4.69, 9.17) is 0 Å². The molecule has 2 nitrogen and oxygen atoms in total. The molecule has 0 bridgehead atoms. The zero-order valence-corrected chi connectivity index (χ0v) is 8.84. The molecule has 1 heterocycles. The molecule has 84 valence electrons. The maximum Gasteiger partial charge on any atom is 0.484 e. The summed E-state index contributed by atoms with van der Waals surface area (Å²) in [7, 11) is 0.978. The van der Waals surface area contributed by atoms with E-state index in [1.807, 2.05) is 13.8 Å². The Morgan fingerprint density at radius 1 is 1.27 bits per heavy atom. The van der Waals surface area contributed by atoms with Crippen molar-refractivity contribution >= 4 is 5.69 Å². The summed E-state index contributed by atoms with van der Waals surface area (Å²) in [6, 6.07) is 3.04. The van der Waals surface area contributed by atoms with Crippen molar-refractivity contribution in [2.75, 3.05) is 11.9 Å². The summed E-state index contributed by atoms with van der Waals surface area (Å²) in [5.41, 5.74) is 0.834. The van der Waals surface area contributed by atoms with E-state index in [1.165, 1.54) is 12.3 Å². The van der Waals surface area contributed by atoms with Crippen LogP contribution in [0.2, 0.25) is 0 Å². The second kappa shape index (κ2) is 4.08. The van der Waals surface area contributed by atoms with Crippen LogP contribution in [-0.2, 0) is 0 Å². The smallest absolute Gasteiger partial charge is 0.286 e. The molecule has 0 spiro atoms. The van der Waals surface area contributed by atoms with Crippen molar-refractivity contribution in [2.24, 2.45) is 0 Å². The number of halogens is 3. The molecule has 1 aromatic heterocycles. The number of rotatable bonds is 2. The van der Waals surface area contributed by atoms with E-state index < -0.39 is 6.30 Å². The first-order valence-electron chi connectivity index (χ1n) is 4.59. The highest BCUT2D eigenvalue weighted by Gasteiger charge is 2.34. The fourth-order valence-corrected chi connectivity index (χ4v) is 1.08. The Bertz CT molecular complexity index is 316. The normalized spacial score (nSPS) is 11.9. The number of anilines is 1. The average Bonchev–Trinajstić information content (AvgIpc) is 2.15. The van der Waals surface area contributed by atoms with Crippen LogP contribution in [0.25, 0.3) is 0 Å². The zero-order chi connectivity index (χ0) is 11.6. The average molecular weight is 218 g/mol. The molecule has 0 N–H and O–H groups in total. The Morgan fingerprint density at radius 3 is 2.20 bits per heavy atom. The molecule has 0 radical (unpaired) electrons. The quantitative estimate of drug-likeness (QED) is 0.709. The summed E-state index contributed by atoms with van der Waals surface area (Å²) < 4.78 is 36.9. The molecule has 0 amide bonds. The summed E-state index contributed by atoms with van der Waals surface area (Å²) in [5.74, 6) is 0.218. The molecule has 0 aliphatic carbocycles. The van der Waals surface area contributed by atoms with Crippen LogP contribution in [0.4, 0.5) is 18.9 Å². The summed E-state index contributed by atoms with van der Waals surface area (Å²) in [5, 5.41) is 0. The van der Waals surface area contributed by atoms with Crippen LogP contribution in [0.3, 0.4) is 0 Å². The van der Waals surface area contributed by atoms with Crippen LogP contribution >= 0.6 is 0 Å². The highest BCUT2D eigenvalue weighted by molar-refractivity contribution is 5.44. The van der Waals surface area contributed by atoms with E-state index in [2.05, 4.69) is 4.98 Å². The molecular formula is C10H13F3N2. The third-order valence-corrected chi connectivity index (χ3v) is 2.13. The van der Waals surface area contributed by atoms with Gasteiger partial charge in [0.15, 0.2) is 0 Å². The maximum absolute atomic E-state index is 12.3. The van der Waals surface area contributed by atoms with Gasteiger partial charge in [-0.2, -0.15) is 13.2 Å². The first kappa shape index (κ1) is 11.8. The van der Waals surface area contributed by atoms with Crippen LogP contribution < -0.4 is 4.90 Å². The van der Waals surface area contributed by atoms with Gasteiger partial charge in [0.2, 0.25) is 0 Å². The number of pyridine rings is 1. The van der Waals surface area contributed by atoms with Gasteiger partial charge in [-0.15, -0.1) is 0 Å². The fraction of sp³-hybridized carbons (Fsp3) is 0.500. The van der Waals surface area contributed by atoms with Crippen molar-refractivity contribution in [1.29, 1.82) is 0 Å². The third-order valence-electron chi connectivity index (χ3n) is 2.13. The number of hydrogen-bond acceptors (Lipinski definition) is 2. The standard InChI is InChI=1S/C10H13F3N2/c1-7(2)9-5-4-8(6-14-9)15(3)10(11,12)13/h4-7H,1-3H3. The van der Waals surface area contributed by atoms with Crippen molar-refractivity contribution in [2.45, 2.75) is 26.1 Å². The second-order valence-electron chi connectivity index (χ2n) is 3.62. The molecule has 0 saturated heterocycles. The van der Waals surface area contributed by atoms with Gasteiger partial charge < -0.3 is 0 Å². The van der Waals surface area contributed by atoms with Gasteiger partial charge in [0.1, 0.15) is 0 Å². The summed E-state index contributed by atoms with van der Waals surface area (Å²) in [6.45, 7) is 3.88. The Kier molecular flexibility index (Phi) is 3.21. The Hall–Kier alpha value is -1.26. The predicted octanol–water partition coefficient (Wildman–Crippen LogP) is 3.16. The molecule has 0 atom stereocenters. The SMILES string of the molecule is CC(C)c1ccc(N(C)C(F)(F)F)cn1. The Labute approximate surface area is 86.7 Å². The Morgan fingerprint density at radius 2 is 1.87 bits per heavy atom. The number of aromatic nitrogens is 1. The number of alkyl halides is 3. The predicted molar refractivity (Wildman–Crippen MR) is 52.8 cm³/mol. The van der Waals surface area contributed by atoms with Gasteiger partial charge in [-0.25, -0.2) is 0 Å². The molecule has 0 aliphatic heterocycles. The van der Waals surface area contributed by atoms with E-state index in [9.17, 15) is 13.2 Å². The lowest BCUT2D eigenvalue weighted by atomic mass is 10.1. The van der Waals surface area contributed by atoms with Gasteiger partial charge in [0, 0.05) is 12.7 Å². The minimum atomic E-state index is -4.36. The highest BCUT2D eigenvalue weighted by Crippen LogP contribution is 2.26. The van der Waals surface area contributed by atoms with Crippen LogP contribution in [0.5, 0.6) is 0 Å². The lowest BCUT2D eigenvalue weighted by Crippen LogP contribution is -2.34. The summed E-state index contributed by atoms with van der Waals surface area (Å²) >= 11 is 0. The van der Waals surface area contributed by atoms with E-state index in [0.717, 1.165) is 12.7 Å². The zero-order valence-electron chi connectivity index (χ0n) is 8.84. The van der Waals surface area contributed by atoms with E-state index in [1.54, 1.807) is 6.07 Å². The number of nitrogens with zero attached hydrogens (tertiary/aromatic N) is 2. The Balaban J connectivity index is 2.89. The van der Waals surface area contributed by atoms with Crippen LogP contribution in [0.1, 0.15) is 25.5 Å². The minimum absolute atomic E-state index is 0.0481. The minimum Gasteiger partial charge on any atom is -0.286 e. The van der Waals surface area contributed by atoms with Gasteiger partial charge in [-0.05, 0) is 18.1 Å². The van der Waals surface area contributed by atoms with Crippen LogP contribution in [-0.4, -0.2) is 18.3 Å². The molecule has 15 heavy (non-hydrogen) atoms. The molecule has 0 saturated carbocycles. The second-order valence-corrected chi connectivity index (χ2v) is 3.62. The molecular weight excluding hydrogens is 205 g/mol. The van der Waals surface area contributed by atoms with Crippen molar-refractivity contribution in [1.82, 2.24) is 4.98 Å².